The van der Waals surface area contributed by atoms with Crippen LogP contribution in [0, 0.1) is 0 Å². The first-order valence-electron chi connectivity index (χ1n) is 6.49. The van der Waals surface area contributed by atoms with Crippen LogP contribution in [0.25, 0.3) is 0 Å². The molecule has 19 heavy (non-hydrogen) atoms. The van der Waals surface area contributed by atoms with E-state index < -0.39 is 0 Å². The van der Waals surface area contributed by atoms with Crippen LogP contribution in [0.3, 0.4) is 0 Å². The summed E-state index contributed by atoms with van der Waals surface area (Å²) in [6.45, 7) is 6.20. The van der Waals surface area contributed by atoms with Gasteiger partial charge in [0.25, 0.3) is 0 Å². The smallest absolute Gasteiger partial charge is 0.198 e. The third kappa shape index (κ3) is 3.09. The summed E-state index contributed by atoms with van der Waals surface area (Å²) in [6.07, 6.45) is 0. The number of benzene rings is 1. The first kappa shape index (κ1) is 14.3. The van der Waals surface area contributed by atoms with Crippen molar-refractivity contribution in [2.45, 2.75) is 19.2 Å². The molecule has 5 heteroatoms. The number of hydrogen-bond acceptors (Lipinski definition) is 3. The molecule has 1 aromatic carbocycles. The molecule has 0 radical (unpaired) electrons. The normalized spacial score (nSPS) is 19.3. The second kappa shape index (κ2) is 6.39. The van der Waals surface area contributed by atoms with Gasteiger partial charge in [-0.3, -0.25) is 0 Å². The average Bonchev–Trinajstić information content (AvgIpc) is 2.44. The SMILES string of the molecule is CCN(CC)C1=NC(=S)N(C)[C@@H](c2ccccc2)S1. The van der Waals surface area contributed by atoms with Crippen LogP contribution >= 0.6 is 24.0 Å². The number of rotatable bonds is 3. The maximum atomic E-state index is 5.40. The Morgan fingerprint density at radius 1 is 1.26 bits per heavy atom. The predicted octanol–water partition coefficient (Wildman–Crippen LogP) is 3.35. The van der Waals surface area contributed by atoms with Gasteiger partial charge in [-0.2, -0.15) is 4.99 Å². The Bertz CT molecular complexity index is 469. The van der Waals surface area contributed by atoms with Gasteiger partial charge in [0.05, 0.1) is 0 Å². The van der Waals surface area contributed by atoms with E-state index in [1.165, 1.54) is 5.56 Å². The molecular weight excluding hydrogens is 274 g/mol. The van der Waals surface area contributed by atoms with Crippen LogP contribution in [0.15, 0.2) is 35.3 Å². The quantitative estimate of drug-likeness (QED) is 0.795. The summed E-state index contributed by atoms with van der Waals surface area (Å²) in [5.41, 5.74) is 1.26. The van der Waals surface area contributed by atoms with Gasteiger partial charge in [-0.15, -0.1) is 0 Å². The molecule has 0 aromatic heterocycles. The highest BCUT2D eigenvalue weighted by molar-refractivity contribution is 8.14. The molecule has 3 nitrogen and oxygen atoms in total. The van der Waals surface area contributed by atoms with Crippen LogP contribution in [0.2, 0.25) is 0 Å². The molecule has 0 saturated carbocycles. The highest BCUT2D eigenvalue weighted by atomic mass is 32.2. The molecule has 0 spiro atoms. The fourth-order valence-corrected chi connectivity index (χ4v) is 3.63. The maximum absolute atomic E-state index is 5.40. The molecule has 0 N–H and O–H groups in total. The van der Waals surface area contributed by atoms with Gasteiger partial charge in [0.2, 0.25) is 0 Å². The second-order valence-corrected chi connectivity index (χ2v) is 5.75. The molecule has 1 atom stereocenters. The second-order valence-electron chi connectivity index (χ2n) is 4.34. The molecule has 0 amide bonds. The van der Waals surface area contributed by atoms with Crippen LogP contribution < -0.4 is 0 Å². The summed E-state index contributed by atoms with van der Waals surface area (Å²) in [7, 11) is 2.01. The minimum atomic E-state index is 0.210. The lowest BCUT2D eigenvalue weighted by Gasteiger charge is -2.35. The largest absolute Gasteiger partial charge is 0.352 e. The number of aliphatic imine (C=N–C) groups is 1. The highest BCUT2D eigenvalue weighted by Gasteiger charge is 2.28. The van der Waals surface area contributed by atoms with E-state index in [1.807, 2.05) is 13.1 Å². The Kier molecular flexibility index (Phi) is 4.82. The molecule has 0 saturated heterocycles. The molecule has 0 bridgehead atoms. The lowest BCUT2D eigenvalue weighted by atomic mass is 10.2. The summed E-state index contributed by atoms with van der Waals surface area (Å²) < 4.78 is 0. The lowest BCUT2D eigenvalue weighted by molar-refractivity contribution is 0.458. The molecule has 0 aliphatic carbocycles. The third-order valence-corrected chi connectivity index (χ3v) is 4.93. The minimum absolute atomic E-state index is 0.210. The topological polar surface area (TPSA) is 18.8 Å². The van der Waals surface area contributed by atoms with E-state index in [1.54, 1.807) is 11.8 Å². The monoisotopic (exact) mass is 293 g/mol. The van der Waals surface area contributed by atoms with Gasteiger partial charge in [0.1, 0.15) is 5.37 Å². The number of hydrogen-bond donors (Lipinski definition) is 0. The molecule has 1 aromatic rings. The average molecular weight is 293 g/mol. The van der Waals surface area contributed by atoms with Gasteiger partial charge in [0.15, 0.2) is 10.3 Å². The Morgan fingerprint density at radius 3 is 2.47 bits per heavy atom. The van der Waals surface area contributed by atoms with Crippen molar-refractivity contribution >= 4 is 34.3 Å². The number of nitrogens with zero attached hydrogens (tertiary/aromatic N) is 3. The Morgan fingerprint density at radius 2 is 1.89 bits per heavy atom. The number of thioether (sulfide) groups is 1. The molecular formula is C14H19N3S2. The van der Waals surface area contributed by atoms with Crippen molar-refractivity contribution in [2.75, 3.05) is 20.1 Å². The van der Waals surface area contributed by atoms with Crippen LogP contribution in [-0.4, -0.2) is 40.2 Å². The third-order valence-electron chi connectivity index (χ3n) is 3.18. The molecule has 1 aliphatic rings. The van der Waals surface area contributed by atoms with Crippen LogP contribution in [-0.2, 0) is 0 Å². The van der Waals surface area contributed by atoms with Gasteiger partial charge in [-0.1, -0.05) is 42.1 Å². The Labute approximate surface area is 124 Å². The molecule has 102 valence electrons. The predicted molar refractivity (Wildman–Crippen MR) is 87.5 cm³/mol. The summed E-state index contributed by atoms with van der Waals surface area (Å²) in [6, 6.07) is 10.4. The maximum Gasteiger partial charge on any atom is 0.198 e. The molecule has 2 rings (SSSR count). The van der Waals surface area contributed by atoms with Crippen LogP contribution in [0.1, 0.15) is 24.8 Å². The summed E-state index contributed by atoms with van der Waals surface area (Å²) in [5.74, 6) is 0. The van der Waals surface area contributed by atoms with E-state index in [0.717, 1.165) is 18.3 Å². The van der Waals surface area contributed by atoms with Gasteiger partial charge < -0.3 is 9.80 Å². The lowest BCUT2D eigenvalue weighted by Crippen LogP contribution is -2.38. The Hall–Kier alpha value is -1.07. The van der Waals surface area contributed by atoms with Gasteiger partial charge >= 0.3 is 0 Å². The summed E-state index contributed by atoms with van der Waals surface area (Å²) >= 11 is 7.16. The van der Waals surface area contributed by atoms with Crippen molar-refractivity contribution in [3.8, 4) is 0 Å². The van der Waals surface area contributed by atoms with E-state index in [4.69, 9.17) is 12.2 Å². The zero-order valence-corrected chi connectivity index (χ0v) is 13.2. The van der Waals surface area contributed by atoms with E-state index >= 15 is 0 Å². The van der Waals surface area contributed by atoms with E-state index in [-0.39, 0.29) is 5.37 Å². The fourth-order valence-electron chi connectivity index (χ4n) is 2.01. The van der Waals surface area contributed by atoms with E-state index in [9.17, 15) is 0 Å². The summed E-state index contributed by atoms with van der Waals surface area (Å²) in [5, 5.41) is 1.90. The zero-order chi connectivity index (χ0) is 13.8. The molecule has 0 unspecified atom stereocenters. The van der Waals surface area contributed by atoms with Crippen molar-refractivity contribution < 1.29 is 0 Å². The molecule has 1 aliphatic heterocycles. The minimum Gasteiger partial charge on any atom is -0.352 e. The highest BCUT2D eigenvalue weighted by Crippen LogP contribution is 2.37. The first-order valence-corrected chi connectivity index (χ1v) is 7.78. The first-order chi connectivity index (χ1) is 9.17. The zero-order valence-electron chi connectivity index (χ0n) is 11.5. The van der Waals surface area contributed by atoms with Crippen molar-refractivity contribution in [3.05, 3.63) is 35.9 Å². The number of amidine groups is 1. The summed E-state index contributed by atoms with van der Waals surface area (Å²) in [4.78, 5) is 8.85. The van der Waals surface area contributed by atoms with Crippen molar-refractivity contribution in [2.24, 2.45) is 4.99 Å². The fraction of sp³-hybridized carbons (Fsp3) is 0.429. The number of thiocarbonyl (C=S) groups is 1. The van der Waals surface area contributed by atoms with Crippen molar-refractivity contribution in [3.63, 3.8) is 0 Å². The van der Waals surface area contributed by atoms with Crippen LogP contribution in [0.4, 0.5) is 0 Å². The van der Waals surface area contributed by atoms with E-state index in [2.05, 4.69) is 52.9 Å². The molecule has 0 fully saturated rings. The van der Waals surface area contributed by atoms with Crippen LogP contribution in [0.5, 0.6) is 0 Å². The molecule has 1 heterocycles. The van der Waals surface area contributed by atoms with Gasteiger partial charge in [-0.25, -0.2) is 0 Å². The van der Waals surface area contributed by atoms with E-state index in [0.29, 0.717) is 5.11 Å². The van der Waals surface area contributed by atoms with Crippen molar-refractivity contribution in [1.82, 2.24) is 9.80 Å². The van der Waals surface area contributed by atoms with Gasteiger partial charge in [0, 0.05) is 20.1 Å². The van der Waals surface area contributed by atoms with Crippen molar-refractivity contribution in [1.29, 1.82) is 0 Å². The standard InChI is InChI=1S/C14H19N3S2/c1-4-17(5-2)14-15-13(18)16(3)12(19-14)11-9-7-6-8-10-11/h6-10,12H,4-5H2,1-3H3/t12-/m1/s1. The van der Waals surface area contributed by atoms with Gasteiger partial charge in [-0.05, 0) is 31.6 Å². The Balaban J connectivity index is 2.28.